The highest BCUT2D eigenvalue weighted by Gasteiger charge is 1.95. The smallest absolute Gasteiger partial charge is 0.0701 e. The van der Waals surface area contributed by atoms with E-state index in [4.69, 9.17) is 37.9 Å². The Balaban J connectivity index is 2.99. The van der Waals surface area contributed by atoms with Crippen molar-refractivity contribution in [3.8, 4) is 0 Å². The number of ether oxygens (including phenoxy) is 8. The van der Waals surface area contributed by atoms with Crippen LogP contribution in [-0.4, -0.2) is 111 Å². The van der Waals surface area contributed by atoms with Crippen LogP contribution in [0.3, 0.4) is 0 Å². The van der Waals surface area contributed by atoms with Gasteiger partial charge in [-0.3, -0.25) is 0 Å². The molecule has 0 amide bonds. The molecule has 0 aromatic heterocycles. The van der Waals surface area contributed by atoms with Gasteiger partial charge in [-0.2, -0.15) is 0 Å². The van der Waals surface area contributed by atoms with Crippen LogP contribution < -0.4 is 0 Å². The fourth-order valence-corrected chi connectivity index (χ4v) is 2.91. The van der Waals surface area contributed by atoms with Gasteiger partial charge in [0, 0.05) is 11.9 Å². The van der Waals surface area contributed by atoms with Crippen LogP contribution in [0.5, 0.6) is 0 Å². The predicted octanol–water partition coefficient (Wildman–Crippen LogP) is 3.87. The normalized spacial score (nSPS) is 11.5. The standard InChI is InChI=1S/C24H49BrO8/c1-2-3-4-5-6-7-9-26-11-13-28-15-17-30-19-21-32-23-24-33-22-20-31-18-16-29-14-12-27-10-8-25/h2-24H2,1H3. The Morgan fingerprint density at radius 2 is 0.606 bits per heavy atom. The summed E-state index contributed by atoms with van der Waals surface area (Å²) in [5.41, 5.74) is 0. The zero-order chi connectivity index (χ0) is 23.9. The quantitative estimate of drug-likeness (QED) is 0.0995. The Morgan fingerprint density at radius 1 is 0.333 bits per heavy atom. The Hall–Kier alpha value is 0.160. The summed E-state index contributed by atoms with van der Waals surface area (Å²) in [4.78, 5) is 0. The van der Waals surface area contributed by atoms with Crippen molar-refractivity contribution in [1.29, 1.82) is 0 Å². The molecule has 200 valence electrons. The predicted molar refractivity (Wildman–Crippen MR) is 134 cm³/mol. The van der Waals surface area contributed by atoms with E-state index < -0.39 is 0 Å². The second kappa shape index (κ2) is 32.2. The molecule has 0 fully saturated rings. The number of rotatable bonds is 30. The molecule has 0 saturated heterocycles. The summed E-state index contributed by atoms with van der Waals surface area (Å²) in [5.74, 6) is 0. The van der Waals surface area contributed by atoms with E-state index in [2.05, 4.69) is 22.9 Å². The largest absolute Gasteiger partial charge is 0.379 e. The van der Waals surface area contributed by atoms with Gasteiger partial charge in [-0.05, 0) is 6.42 Å². The SMILES string of the molecule is CCCCCCCCOCCOCCOCCOCCOCCOCCOCCOCCBr. The molecule has 0 rings (SSSR count). The molecule has 0 radical (unpaired) electrons. The van der Waals surface area contributed by atoms with E-state index in [1.54, 1.807) is 0 Å². The summed E-state index contributed by atoms with van der Waals surface area (Å²) in [7, 11) is 0. The number of unbranched alkanes of at least 4 members (excludes halogenated alkanes) is 5. The maximum atomic E-state index is 5.57. The van der Waals surface area contributed by atoms with E-state index in [-0.39, 0.29) is 0 Å². The number of hydrogen-bond acceptors (Lipinski definition) is 8. The lowest BCUT2D eigenvalue weighted by atomic mass is 10.1. The van der Waals surface area contributed by atoms with Gasteiger partial charge >= 0.3 is 0 Å². The first kappa shape index (κ1) is 33.2. The molecule has 0 heterocycles. The second-order valence-corrected chi connectivity index (χ2v) is 8.15. The van der Waals surface area contributed by atoms with E-state index >= 15 is 0 Å². The maximum Gasteiger partial charge on any atom is 0.0701 e. The van der Waals surface area contributed by atoms with Crippen molar-refractivity contribution in [3.05, 3.63) is 0 Å². The van der Waals surface area contributed by atoms with Gasteiger partial charge in [-0.1, -0.05) is 55.0 Å². The van der Waals surface area contributed by atoms with E-state index in [1.807, 2.05) is 0 Å². The Bertz CT molecular complexity index is 310. The monoisotopic (exact) mass is 544 g/mol. The highest BCUT2D eigenvalue weighted by atomic mass is 79.9. The summed E-state index contributed by atoms with van der Waals surface area (Å²) in [6.45, 7) is 11.9. The molecular formula is C24H49BrO8. The first-order chi connectivity index (χ1) is 16.4. The van der Waals surface area contributed by atoms with Crippen molar-refractivity contribution >= 4 is 15.9 Å². The minimum absolute atomic E-state index is 0.548. The summed E-state index contributed by atoms with van der Waals surface area (Å²) in [6, 6.07) is 0. The average Bonchev–Trinajstić information content (AvgIpc) is 2.83. The molecule has 0 atom stereocenters. The van der Waals surface area contributed by atoms with Crippen LogP contribution in [-0.2, 0) is 37.9 Å². The van der Waals surface area contributed by atoms with Crippen LogP contribution in [0.25, 0.3) is 0 Å². The zero-order valence-corrected chi connectivity index (χ0v) is 22.5. The van der Waals surface area contributed by atoms with Crippen LogP contribution in [0.4, 0.5) is 0 Å². The van der Waals surface area contributed by atoms with Crippen LogP contribution >= 0.6 is 15.9 Å². The van der Waals surface area contributed by atoms with Crippen molar-refractivity contribution in [2.24, 2.45) is 0 Å². The fourth-order valence-electron chi connectivity index (χ4n) is 2.68. The third-order valence-corrected chi connectivity index (χ3v) is 4.79. The number of alkyl halides is 1. The van der Waals surface area contributed by atoms with Crippen molar-refractivity contribution in [3.63, 3.8) is 0 Å². The van der Waals surface area contributed by atoms with Gasteiger partial charge in [0.2, 0.25) is 0 Å². The van der Waals surface area contributed by atoms with Crippen LogP contribution in [0.2, 0.25) is 0 Å². The molecule has 0 aliphatic carbocycles. The molecule has 0 saturated carbocycles. The van der Waals surface area contributed by atoms with E-state index in [9.17, 15) is 0 Å². The first-order valence-corrected chi connectivity index (χ1v) is 13.7. The zero-order valence-electron chi connectivity index (χ0n) is 20.9. The van der Waals surface area contributed by atoms with Crippen molar-refractivity contribution in [1.82, 2.24) is 0 Å². The van der Waals surface area contributed by atoms with Crippen molar-refractivity contribution < 1.29 is 37.9 Å². The molecule has 0 aliphatic rings. The third kappa shape index (κ3) is 32.2. The summed E-state index contributed by atoms with van der Waals surface area (Å²) in [5, 5.41) is 0.848. The van der Waals surface area contributed by atoms with Gasteiger partial charge in [0.15, 0.2) is 0 Å². The Morgan fingerprint density at radius 3 is 0.939 bits per heavy atom. The lowest BCUT2D eigenvalue weighted by Gasteiger charge is -2.08. The lowest BCUT2D eigenvalue weighted by Crippen LogP contribution is -2.15. The molecule has 0 aromatic rings. The topological polar surface area (TPSA) is 73.8 Å². The number of hydrogen-bond donors (Lipinski definition) is 0. The van der Waals surface area contributed by atoms with E-state index in [0.717, 1.165) is 18.4 Å². The molecule has 0 N–H and O–H groups in total. The molecule has 8 nitrogen and oxygen atoms in total. The van der Waals surface area contributed by atoms with E-state index in [1.165, 1.54) is 32.1 Å². The van der Waals surface area contributed by atoms with Gasteiger partial charge in [0.1, 0.15) is 0 Å². The van der Waals surface area contributed by atoms with Crippen LogP contribution in [0, 0.1) is 0 Å². The molecule has 0 bridgehead atoms. The highest BCUT2D eigenvalue weighted by molar-refractivity contribution is 9.09. The minimum Gasteiger partial charge on any atom is -0.379 e. The van der Waals surface area contributed by atoms with Crippen LogP contribution in [0.15, 0.2) is 0 Å². The number of halogens is 1. The fraction of sp³-hybridized carbons (Fsp3) is 1.00. The summed E-state index contributed by atoms with van der Waals surface area (Å²) >= 11 is 3.30. The molecule has 0 spiro atoms. The maximum absolute atomic E-state index is 5.57. The van der Waals surface area contributed by atoms with Gasteiger partial charge in [-0.25, -0.2) is 0 Å². The first-order valence-electron chi connectivity index (χ1n) is 12.6. The highest BCUT2D eigenvalue weighted by Crippen LogP contribution is 2.04. The molecular weight excluding hydrogens is 496 g/mol. The van der Waals surface area contributed by atoms with Crippen LogP contribution in [0.1, 0.15) is 45.4 Å². The minimum atomic E-state index is 0.548. The molecule has 0 aliphatic heterocycles. The Kier molecular flexibility index (Phi) is 32.3. The molecule has 0 unspecified atom stereocenters. The lowest BCUT2D eigenvalue weighted by molar-refractivity contribution is -0.0228. The van der Waals surface area contributed by atoms with Gasteiger partial charge in [0.25, 0.3) is 0 Å². The van der Waals surface area contributed by atoms with Gasteiger partial charge in [0.05, 0.1) is 99.1 Å². The van der Waals surface area contributed by atoms with Crippen molar-refractivity contribution in [2.75, 3.05) is 111 Å². The summed E-state index contributed by atoms with van der Waals surface area (Å²) in [6.07, 6.45) is 7.73. The third-order valence-electron chi connectivity index (χ3n) is 4.47. The molecule has 33 heavy (non-hydrogen) atoms. The van der Waals surface area contributed by atoms with Gasteiger partial charge < -0.3 is 37.9 Å². The molecule has 0 aromatic carbocycles. The second-order valence-electron chi connectivity index (χ2n) is 7.36. The summed E-state index contributed by atoms with van der Waals surface area (Å²) < 4.78 is 43.5. The molecule has 9 heteroatoms. The Labute approximate surface area is 210 Å². The van der Waals surface area contributed by atoms with Crippen molar-refractivity contribution in [2.45, 2.75) is 45.4 Å². The van der Waals surface area contributed by atoms with E-state index in [0.29, 0.717) is 99.1 Å². The average molecular weight is 546 g/mol. The van der Waals surface area contributed by atoms with Gasteiger partial charge in [-0.15, -0.1) is 0 Å².